The minimum atomic E-state index is -5.60. The quantitative estimate of drug-likeness (QED) is 0.0153. The first kappa shape index (κ1) is 91.9. The van der Waals surface area contributed by atoms with Gasteiger partial charge in [0.25, 0.3) is 0 Å². The van der Waals surface area contributed by atoms with Gasteiger partial charge in [-0.2, -0.15) is 0 Å². The molecule has 0 aromatic carbocycles. The Morgan fingerprint density at radius 1 is 0.346 bits per heavy atom. The van der Waals surface area contributed by atoms with E-state index in [0.29, 0.717) is 0 Å². The van der Waals surface area contributed by atoms with Gasteiger partial charge in [0.2, 0.25) is 0 Å². The lowest BCUT2D eigenvalue weighted by molar-refractivity contribution is -0.389. The van der Waals surface area contributed by atoms with Gasteiger partial charge in [-0.3, -0.25) is 0 Å². The highest BCUT2D eigenvalue weighted by Crippen LogP contribution is 2.38. The van der Waals surface area contributed by atoms with Gasteiger partial charge in [-0.05, 0) is 155 Å². The van der Waals surface area contributed by atoms with Crippen molar-refractivity contribution in [3.05, 3.63) is 50.6 Å². The molecule has 0 aromatic heterocycles. The molecule has 0 saturated heterocycles. The average Bonchev–Trinajstić information content (AvgIpc) is 3.33. The highest BCUT2D eigenvalue weighted by molar-refractivity contribution is 8.14. The van der Waals surface area contributed by atoms with Gasteiger partial charge in [0.1, 0.15) is 0 Å². The molecule has 6 N–H and O–H groups in total. The molecule has 20 nitrogen and oxygen atoms in total. The van der Waals surface area contributed by atoms with Crippen LogP contribution in [0.1, 0.15) is 77.0 Å². The van der Waals surface area contributed by atoms with E-state index in [-0.39, 0.29) is 0 Å². The lowest BCUT2D eigenvalue weighted by Gasteiger charge is -2.49. The molecule has 0 aliphatic carbocycles. The van der Waals surface area contributed by atoms with Gasteiger partial charge in [0.05, 0.1) is 0 Å². The fourth-order valence-electron chi connectivity index (χ4n) is 6.55. The Morgan fingerprint density at radius 3 is 0.580 bits per heavy atom. The first-order valence-electron chi connectivity index (χ1n) is 27.8. The second kappa shape index (κ2) is 49.7. The van der Waals surface area contributed by atoms with E-state index >= 15 is 0 Å². The van der Waals surface area contributed by atoms with Gasteiger partial charge in [-0.25, -0.2) is 0 Å². The topological polar surface area (TPSA) is 298 Å². The van der Waals surface area contributed by atoms with Crippen LogP contribution in [0.5, 0.6) is 0 Å². The number of unbranched alkanes of at least 4 members (excludes halogenated alkanes) is 8. The minimum Gasteiger partial charge on any atom is -0.542 e. The number of hydrogen-bond donors (Lipinski definition) is 6. The van der Waals surface area contributed by atoms with E-state index in [4.69, 9.17) is 64.2 Å². The summed E-state index contributed by atoms with van der Waals surface area (Å²) in [6, 6.07) is 4.18. The molecule has 0 bridgehead atoms. The molecule has 0 unspecified atom stereocenters. The predicted octanol–water partition coefficient (Wildman–Crippen LogP) is 7.27. The van der Waals surface area contributed by atoms with E-state index in [0.717, 1.165) is 101 Å². The maximum absolute atomic E-state index is 11.4. The zero-order chi connectivity index (χ0) is 65.1. The van der Waals surface area contributed by atoms with Crippen LogP contribution in [0.2, 0.25) is 129 Å². The third-order valence-corrected chi connectivity index (χ3v) is 120. The van der Waals surface area contributed by atoms with Gasteiger partial charge in [-0.15, -0.1) is 26.3 Å². The fraction of sp³-hybridized carbons (Fsp3) is 0.822. The molecule has 0 saturated carbocycles. The van der Waals surface area contributed by atoms with Crippen LogP contribution in [-0.2, 0) is 62.2 Å². The molecule has 0 fully saturated rings. The molecular formula is C45H114O20Si16. The minimum absolute atomic E-state index is 0.650. The van der Waals surface area contributed by atoms with Crippen molar-refractivity contribution < 1.29 is 91.0 Å². The first-order valence-corrected chi connectivity index (χ1v) is 70.5. The summed E-state index contributed by atoms with van der Waals surface area (Å²) in [5.41, 5.74) is 0. The van der Waals surface area contributed by atoms with E-state index in [1.807, 2.05) is 24.3 Å². The van der Waals surface area contributed by atoms with Crippen LogP contribution in [0, 0.1) is 0 Å². The molecule has 478 valence electrons. The average molecular weight is 1420 g/mol. The zero-order valence-electron chi connectivity index (χ0n) is 53.7. The normalized spacial score (nSPS) is 11.9. The Morgan fingerprint density at radius 2 is 0.481 bits per heavy atom. The molecule has 0 aliphatic heterocycles. The summed E-state index contributed by atoms with van der Waals surface area (Å²) in [5.74, 6) is 0. The predicted molar refractivity (Wildman–Crippen MR) is 359 cm³/mol. The summed E-state index contributed by atoms with van der Waals surface area (Å²) in [4.78, 5) is 54.9. The smallest absolute Gasteiger partial charge is 0.483 e. The largest absolute Gasteiger partial charge is 0.542 e. The lowest BCUT2D eigenvalue weighted by Crippen LogP contribution is -2.91. The van der Waals surface area contributed by atoms with Crippen LogP contribution < -0.4 is 0 Å². The Balaban J connectivity index is -0.000000285. The monoisotopic (exact) mass is 1420 g/mol. The third-order valence-electron chi connectivity index (χ3n) is 11.7. The van der Waals surface area contributed by atoms with Crippen LogP contribution in [0.25, 0.3) is 0 Å². The highest BCUT2D eigenvalue weighted by Gasteiger charge is 2.91. The van der Waals surface area contributed by atoms with Crippen molar-refractivity contribution in [2.75, 3.05) is 28.4 Å². The van der Waals surface area contributed by atoms with Crippen molar-refractivity contribution in [2.24, 2.45) is 0 Å². The fourth-order valence-corrected chi connectivity index (χ4v) is 106. The Labute approximate surface area is 510 Å². The maximum Gasteiger partial charge on any atom is 0.483 e. The van der Waals surface area contributed by atoms with Crippen LogP contribution in [-0.4, -0.2) is 196 Å². The summed E-state index contributed by atoms with van der Waals surface area (Å²) in [6.45, 7) is 51.2. The maximum atomic E-state index is 11.4. The van der Waals surface area contributed by atoms with Gasteiger partial charge in [0.15, 0.2) is 69.4 Å². The molecule has 0 radical (unpaired) electrons. The van der Waals surface area contributed by atoms with E-state index < -0.39 is 139 Å². The molecule has 0 spiro atoms. The van der Waals surface area contributed by atoms with Crippen molar-refractivity contribution in [2.45, 2.75) is 212 Å². The Hall–Kier alpha value is -0.290. The summed E-state index contributed by atoms with van der Waals surface area (Å²) in [6.07, 6.45) is 8.60. The molecule has 81 heavy (non-hydrogen) atoms. The van der Waals surface area contributed by atoms with Gasteiger partial charge >= 0.3 is 69.1 Å². The van der Waals surface area contributed by atoms with Crippen molar-refractivity contribution in [3.63, 3.8) is 0 Å². The summed E-state index contributed by atoms with van der Waals surface area (Å²) < 4.78 is 117. The molecule has 0 aromatic rings. The Bertz CT molecular complexity index is 1530. The summed E-state index contributed by atoms with van der Waals surface area (Å²) in [5, 5.41) is 0. The number of hydrogen-bond acceptors (Lipinski definition) is 14. The van der Waals surface area contributed by atoms with Crippen molar-refractivity contribution in [1.29, 1.82) is 0 Å². The molecule has 0 aliphatic rings. The second-order valence-corrected chi connectivity index (χ2v) is 100. The van der Waals surface area contributed by atoms with Gasteiger partial charge in [-0.1, -0.05) is 75.7 Å². The highest BCUT2D eigenvalue weighted by atomic mass is 30.4. The van der Waals surface area contributed by atoms with Crippen LogP contribution in [0.4, 0.5) is 0 Å². The summed E-state index contributed by atoms with van der Waals surface area (Å²) >= 11 is 0. The lowest BCUT2D eigenvalue weighted by atomic mass is 10.2. The first-order chi connectivity index (χ1) is 37.1. The molecule has 36 heteroatoms. The van der Waals surface area contributed by atoms with Gasteiger partial charge < -0.3 is 91.0 Å². The molecule has 0 atom stereocenters. The number of allylic oxidation sites excluding steroid dienone is 4. The van der Waals surface area contributed by atoms with E-state index in [1.54, 1.807) is 28.4 Å². The van der Waals surface area contributed by atoms with Crippen molar-refractivity contribution in [1.82, 2.24) is 0 Å². The Kier molecular flexibility index (Phi) is 56.3. The third kappa shape index (κ3) is 43.9. The van der Waals surface area contributed by atoms with Gasteiger partial charge in [0, 0.05) is 28.4 Å². The SMILES string of the molecule is C=CCCCC[Si](C)(C)OC(O[Si](C)(C)CCCCC=C)(O[Si](C)(C)CCCCC=C)O[Si](C)(C)CCCCC=C.CO[SiH](C)C.CO[SiH](C)C.CO[SiH](C)C.CO[SiH](C)C.O=[Si](O)[Si]([Si](=O)O)([Si](=O)O)[Si]([Si](=O)O)([Si](=O)O)[Si](=O)O. The van der Waals surface area contributed by atoms with E-state index in [1.165, 1.54) is 0 Å². The number of rotatable bonds is 39. The molecule has 0 amide bonds. The second-order valence-electron chi connectivity index (χ2n) is 22.6. The molecule has 0 rings (SSSR count). The zero-order valence-corrected chi connectivity index (χ0v) is 70.3. The van der Waals surface area contributed by atoms with Crippen LogP contribution in [0.15, 0.2) is 50.6 Å². The standard InChI is InChI=1S/C33H68O4Si4.4C3H10OSi.H6O12Si8/c1-13-17-21-25-29-38(5,6)34-33(35-39(7,8)30-26-22-18-14-2,36-40(9,10)31-27-23-19-15-3)37-41(11,12)32-28-24-20-16-4;4*1-4-5(2)3;1-13(2)19(14(3)4,15(5)6)20(16(7)8,17(9)10)18(11)12/h13-16H,1-4,17-32H2,5-12H3;4*5H,1-3H3;1,3,5,7,9,11H. The van der Waals surface area contributed by atoms with Crippen LogP contribution in [0.3, 0.4) is 0 Å². The van der Waals surface area contributed by atoms with Crippen molar-refractivity contribution in [3.8, 4) is 0 Å². The van der Waals surface area contributed by atoms with Crippen LogP contribution >= 0.6 is 0 Å². The molecular weight excluding hydrogens is 1310 g/mol. The molecule has 0 heterocycles. The van der Waals surface area contributed by atoms with E-state index in [9.17, 15) is 26.8 Å². The van der Waals surface area contributed by atoms with E-state index in [2.05, 4.69) is 131 Å². The summed E-state index contributed by atoms with van der Waals surface area (Å²) in [7, 11) is -31.4. The van der Waals surface area contributed by atoms with Crippen molar-refractivity contribution >= 4 is 132 Å².